The van der Waals surface area contributed by atoms with E-state index in [1.807, 2.05) is 14.1 Å². The lowest BCUT2D eigenvalue weighted by atomic mass is 10.2. The number of nitrogens with two attached hydrogens (primary N) is 1. The van der Waals surface area contributed by atoms with Gasteiger partial charge < -0.3 is 10.6 Å². The van der Waals surface area contributed by atoms with E-state index < -0.39 is 0 Å². The molecule has 0 bridgehead atoms. The fraction of sp³-hybridized carbons (Fsp3) is 0.538. The number of pyridine rings is 1. The molecule has 102 valence electrons. The SMILES string of the molecule is CCC.CN(C)CCN=Cc1c(N)ccnc1Cl. The summed E-state index contributed by atoms with van der Waals surface area (Å²) in [6.07, 6.45) is 4.50. The summed E-state index contributed by atoms with van der Waals surface area (Å²) in [5.41, 5.74) is 7.03. The van der Waals surface area contributed by atoms with Crippen molar-refractivity contribution in [1.29, 1.82) is 0 Å². The van der Waals surface area contributed by atoms with Crippen LogP contribution in [0, 0.1) is 0 Å². The van der Waals surface area contributed by atoms with E-state index in [1.54, 1.807) is 18.5 Å². The van der Waals surface area contributed by atoms with Crippen molar-refractivity contribution < 1.29 is 0 Å². The molecule has 2 N–H and O–H groups in total. The number of likely N-dealkylation sites (N-methyl/N-ethyl adjacent to an activating group) is 1. The van der Waals surface area contributed by atoms with Crippen LogP contribution in [0.15, 0.2) is 17.3 Å². The second kappa shape index (κ2) is 9.85. The van der Waals surface area contributed by atoms with Crippen molar-refractivity contribution in [2.24, 2.45) is 4.99 Å². The maximum Gasteiger partial charge on any atom is 0.139 e. The van der Waals surface area contributed by atoms with Crippen molar-refractivity contribution >= 4 is 23.5 Å². The first kappa shape index (κ1) is 16.9. The van der Waals surface area contributed by atoms with Crippen molar-refractivity contribution in [3.8, 4) is 0 Å². The molecule has 0 aliphatic heterocycles. The first-order chi connectivity index (χ1) is 8.52. The number of hydrogen-bond acceptors (Lipinski definition) is 4. The van der Waals surface area contributed by atoms with E-state index in [1.165, 1.54) is 6.42 Å². The third-order valence-corrected chi connectivity index (χ3v) is 2.17. The minimum Gasteiger partial charge on any atom is -0.398 e. The van der Waals surface area contributed by atoms with Crippen LogP contribution < -0.4 is 5.73 Å². The summed E-state index contributed by atoms with van der Waals surface area (Å²) < 4.78 is 0. The number of hydrogen-bond donors (Lipinski definition) is 1. The molecule has 0 radical (unpaired) electrons. The fourth-order valence-electron chi connectivity index (χ4n) is 1.00. The Hall–Kier alpha value is -1.13. The van der Waals surface area contributed by atoms with Crippen LogP contribution in [0.1, 0.15) is 25.8 Å². The van der Waals surface area contributed by atoms with Crippen LogP contribution in [0.25, 0.3) is 0 Å². The monoisotopic (exact) mass is 270 g/mol. The van der Waals surface area contributed by atoms with Crippen molar-refractivity contribution in [3.05, 3.63) is 23.0 Å². The van der Waals surface area contributed by atoms with Gasteiger partial charge in [0.2, 0.25) is 0 Å². The van der Waals surface area contributed by atoms with Gasteiger partial charge in [0.05, 0.1) is 12.1 Å². The molecule has 0 aliphatic carbocycles. The fourth-order valence-corrected chi connectivity index (χ4v) is 1.22. The molecule has 0 fully saturated rings. The Labute approximate surface area is 115 Å². The van der Waals surface area contributed by atoms with Gasteiger partial charge in [-0.1, -0.05) is 31.9 Å². The van der Waals surface area contributed by atoms with Gasteiger partial charge in [-0.25, -0.2) is 4.98 Å². The molecular formula is C13H23ClN4. The van der Waals surface area contributed by atoms with E-state index in [9.17, 15) is 0 Å². The summed E-state index contributed by atoms with van der Waals surface area (Å²) in [6.45, 7) is 5.87. The smallest absolute Gasteiger partial charge is 0.139 e. The third-order valence-electron chi connectivity index (χ3n) is 1.87. The van der Waals surface area contributed by atoms with Crippen LogP contribution in [0.3, 0.4) is 0 Å². The van der Waals surface area contributed by atoms with Gasteiger partial charge in [-0.15, -0.1) is 0 Å². The van der Waals surface area contributed by atoms with Crippen LogP contribution in [-0.2, 0) is 0 Å². The molecule has 4 nitrogen and oxygen atoms in total. The number of aromatic nitrogens is 1. The minimum absolute atomic E-state index is 0.392. The van der Waals surface area contributed by atoms with E-state index in [0.717, 1.165) is 13.1 Å². The molecular weight excluding hydrogens is 248 g/mol. The maximum atomic E-state index is 5.88. The molecule has 0 spiro atoms. The predicted molar refractivity (Wildman–Crippen MR) is 80.6 cm³/mol. The molecule has 1 heterocycles. The van der Waals surface area contributed by atoms with Gasteiger partial charge in [0.25, 0.3) is 0 Å². The second-order valence-electron chi connectivity index (χ2n) is 4.15. The Morgan fingerprint density at radius 2 is 2.06 bits per heavy atom. The number of nitrogens with zero attached hydrogens (tertiary/aromatic N) is 3. The van der Waals surface area contributed by atoms with Crippen LogP contribution in [-0.4, -0.2) is 43.3 Å². The topological polar surface area (TPSA) is 54.5 Å². The molecule has 1 aromatic rings. The Morgan fingerprint density at radius 1 is 1.44 bits per heavy atom. The minimum atomic E-state index is 0.392. The molecule has 0 amide bonds. The molecule has 0 aromatic carbocycles. The zero-order valence-corrected chi connectivity index (χ0v) is 12.4. The number of rotatable bonds is 4. The molecule has 18 heavy (non-hydrogen) atoms. The van der Waals surface area contributed by atoms with E-state index in [0.29, 0.717) is 16.4 Å². The molecule has 0 saturated heterocycles. The van der Waals surface area contributed by atoms with E-state index in [-0.39, 0.29) is 0 Å². The van der Waals surface area contributed by atoms with E-state index >= 15 is 0 Å². The average molecular weight is 271 g/mol. The predicted octanol–water partition coefficient (Wildman–Crippen LogP) is 2.71. The highest BCUT2D eigenvalue weighted by Gasteiger charge is 2.01. The van der Waals surface area contributed by atoms with Crippen molar-refractivity contribution in [3.63, 3.8) is 0 Å². The zero-order valence-electron chi connectivity index (χ0n) is 11.7. The number of anilines is 1. The van der Waals surface area contributed by atoms with Crippen LogP contribution in [0.4, 0.5) is 5.69 Å². The zero-order chi connectivity index (χ0) is 14.0. The van der Waals surface area contributed by atoms with E-state index in [2.05, 4.69) is 28.7 Å². The average Bonchev–Trinajstić information content (AvgIpc) is 2.28. The molecule has 1 rings (SSSR count). The quantitative estimate of drug-likeness (QED) is 0.676. The highest BCUT2D eigenvalue weighted by Crippen LogP contribution is 2.16. The number of nitrogen functional groups attached to an aromatic ring is 1. The summed E-state index contributed by atoms with van der Waals surface area (Å²) in [4.78, 5) is 10.2. The van der Waals surface area contributed by atoms with Crippen LogP contribution in [0.5, 0.6) is 0 Å². The highest BCUT2D eigenvalue weighted by atomic mass is 35.5. The van der Waals surface area contributed by atoms with E-state index in [4.69, 9.17) is 17.3 Å². The van der Waals surface area contributed by atoms with Gasteiger partial charge in [-0.2, -0.15) is 0 Å². The summed E-state index contributed by atoms with van der Waals surface area (Å²) in [7, 11) is 4.00. The van der Waals surface area contributed by atoms with Gasteiger partial charge >= 0.3 is 0 Å². The molecule has 1 aromatic heterocycles. The lowest BCUT2D eigenvalue weighted by molar-refractivity contribution is 0.421. The summed E-state index contributed by atoms with van der Waals surface area (Å²) in [5.74, 6) is 0. The molecule has 0 unspecified atom stereocenters. The van der Waals surface area contributed by atoms with Crippen molar-refractivity contribution in [2.75, 3.05) is 32.9 Å². The Bertz CT molecular complexity index is 344. The highest BCUT2D eigenvalue weighted by molar-refractivity contribution is 6.32. The van der Waals surface area contributed by atoms with Gasteiger partial charge in [0.1, 0.15) is 5.15 Å². The Kier molecular flexibility index (Phi) is 9.24. The molecule has 0 atom stereocenters. The second-order valence-corrected chi connectivity index (χ2v) is 4.51. The number of aliphatic imine (C=N–C) groups is 1. The van der Waals surface area contributed by atoms with Crippen molar-refractivity contribution in [2.45, 2.75) is 20.3 Å². The Balaban J connectivity index is 0.000000873. The summed E-state index contributed by atoms with van der Waals surface area (Å²) >= 11 is 5.88. The third kappa shape index (κ3) is 7.25. The van der Waals surface area contributed by atoms with Gasteiger partial charge in [-0.05, 0) is 20.2 Å². The maximum absolute atomic E-state index is 5.88. The summed E-state index contributed by atoms with van der Waals surface area (Å²) in [5, 5.41) is 0.392. The molecule has 0 saturated carbocycles. The molecule has 0 aliphatic rings. The lowest BCUT2D eigenvalue weighted by Gasteiger charge is -2.05. The number of halogens is 1. The van der Waals surface area contributed by atoms with Gasteiger partial charge in [0.15, 0.2) is 0 Å². The van der Waals surface area contributed by atoms with Crippen LogP contribution in [0.2, 0.25) is 5.15 Å². The van der Waals surface area contributed by atoms with Crippen LogP contribution >= 0.6 is 11.6 Å². The first-order valence-corrected chi connectivity index (χ1v) is 6.45. The standard InChI is InChI=1S/C10H15ClN4.C3H8/c1-15(2)6-5-13-7-8-9(12)3-4-14-10(8)11;1-3-2/h3-4,7H,5-6H2,1-2H3,(H2,12,14);3H2,1-2H3. The Morgan fingerprint density at radius 3 is 2.56 bits per heavy atom. The van der Waals surface area contributed by atoms with Gasteiger partial charge in [0, 0.05) is 24.6 Å². The molecule has 5 heteroatoms. The first-order valence-electron chi connectivity index (χ1n) is 6.07. The van der Waals surface area contributed by atoms with Gasteiger partial charge in [-0.3, -0.25) is 4.99 Å². The summed E-state index contributed by atoms with van der Waals surface area (Å²) in [6, 6.07) is 1.71. The largest absolute Gasteiger partial charge is 0.398 e. The normalized spacial score (nSPS) is 10.6. The lowest BCUT2D eigenvalue weighted by Crippen LogP contribution is -2.15. The van der Waals surface area contributed by atoms with Crippen molar-refractivity contribution in [1.82, 2.24) is 9.88 Å².